The van der Waals surface area contributed by atoms with Gasteiger partial charge in [-0.15, -0.1) is 0 Å². The Morgan fingerprint density at radius 2 is 1.56 bits per heavy atom. The molecule has 0 aliphatic heterocycles. The molecule has 1 rings (SSSR count). The van der Waals surface area contributed by atoms with Gasteiger partial charge in [-0.05, 0) is 19.4 Å². The number of allylic oxidation sites excluding steroid dienone is 4. The van der Waals surface area contributed by atoms with Crippen LogP contribution in [-0.4, -0.2) is 11.4 Å². The number of hydrogen-bond donors (Lipinski definition) is 0. The van der Waals surface area contributed by atoms with Crippen LogP contribution in [0.4, 0.5) is 4.39 Å². The highest BCUT2D eigenvalue weighted by atomic mass is 35.5. The van der Waals surface area contributed by atoms with Gasteiger partial charge in [-0.2, -0.15) is 20.5 Å². The summed E-state index contributed by atoms with van der Waals surface area (Å²) in [6, 6.07) is 0. The van der Waals surface area contributed by atoms with Gasteiger partial charge in [-0.1, -0.05) is 11.6 Å². The van der Waals surface area contributed by atoms with Crippen molar-refractivity contribution in [1.82, 2.24) is 0 Å². The first-order valence-electron chi connectivity index (χ1n) is 4.22. The number of rotatable bonds is 0. The summed E-state index contributed by atoms with van der Waals surface area (Å²) >= 11 is 5.91. The molecule has 0 heterocycles. The standard InChI is InChI=1S/C10H6ClFN4/c1-5-7(11)9(15-3-13)6(2)8(12)10(5)16-4-14/h1-2H3. The molecule has 1 aliphatic carbocycles. The van der Waals surface area contributed by atoms with Crippen LogP contribution >= 0.6 is 11.6 Å². The van der Waals surface area contributed by atoms with Gasteiger partial charge in [0.05, 0.1) is 5.03 Å². The molecule has 0 saturated heterocycles. The van der Waals surface area contributed by atoms with Crippen molar-refractivity contribution in [2.24, 2.45) is 9.98 Å². The van der Waals surface area contributed by atoms with Gasteiger partial charge in [0.25, 0.3) is 0 Å². The molecule has 0 atom stereocenters. The molecular formula is C10H6ClFN4. The van der Waals surface area contributed by atoms with Crippen molar-refractivity contribution in [2.75, 3.05) is 0 Å². The molecule has 4 nitrogen and oxygen atoms in total. The average Bonchev–Trinajstić information content (AvgIpc) is 2.28. The third-order valence-electron chi connectivity index (χ3n) is 2.11. The maximum Gasteiger partial charge on any atom is 0.206 e. The van der Waals surface area contributed by atoms with E-state index < -0.39 is 5.83 Å². The quantitative estimate of drug-likeness (QED) is 0.479. The molecule has 0 aromatic rings. The largest absolute Gasteiger partial charge is 0.206 e. The van der Waals surface area contributed by atoms with Gasteiger partial charge in [0, 0.05) is 5.57 Å². The Hall–Kier alpha value is -1.98. The van der Waals surface area contributed by atoms with Gasteiger partial charge in [0.1, 0.15) is 11.4 Å². The maximum absolute atomic E-state index is 13.7. The van der Waals surface area contributed by atoms with Crippen molar-refractivity contribution >= 4 is 23.0 Å². The van der Waals surface area contributed by atoms with Crippen LogP contribution in [0.2, 0.25) is 0 Å². The third kappa shape index (κ3) is 1.86. The van der Waals surface area contributed by atoms with Crippen LogP contribution < -0.4 is 0 Å². The lowest BCUT2D eigenvalue weighted by Crippen LogP contribution is -2.18. The minimum atomic E-state index is -0.683. The Bertz CT molecular complexity index is 462. The number of aliphatic imine (C=N–C) groups is 2. The Labute approximate surface area is 96.7 Å². The number of nitriles is 2. The van der Waals surface area contributed by atoms with E-state index in [4.69, 9.17) is 22.1 Å². The second kappa shape index (κ2) is 4.69. The van der Waals surface area contributed by atoms with Gasteiger partial charge >= 0.3 is 0 Å². The molecule has 0 unspecified atom stereocenters. The van der Waals surface area contributed by atoms with E-state index in [-0.39, 0.29) is 22.0 Å². The van der Waals surface area contributed by atoms with E-state index in [9.17, 15) is 4.39 Å². The van der Waals surface area contributed by atoms with Crippen molar-refractivity contribution in [3.05, 3.63) is 22.0 Å². The zero-order valence-electron chi connectivity index (χ0n) is 8.54. The van der Waals surface area contributed by atoms with E-state index in [0.29, 0.717) is 5.57 Å². The fourth-order valence-corrected chi connectivity index (χ4v) is 1.53. The van der Waals surface area contributed by atoms with Crippen LogP contribution in [0.5, 0.6) is 0 Å². The summed E-state index contributed by atoms with van der Waals surface area (Å²) < 4.78 is 13.7. The van der Waals surface area contributed by atoms with Crippen LogP contribution in [0.15, 0.2) is 32.0 Å². The summed E-state index contributed by atoms with van der Waals surface area (Å²) in [5, 5.41) is 17.0. The van der Waals surface area contributed by atoms with Gasteiger partial charge < -0.3 is 0 Å². The second-order valence-electron chi connectivity index (χ2n) is 3.00. The van der Waals surface area contributed by atoms with Crippen molar-refractivity contribution in [3.63, 3.8) is 0 Å². The van der Waals surface area contributed by atoms with Crippen molar-refractivity contribution in [1.29, 1.82) is 10.5 Å². The molecule has 0 spiro atoms. The molecule has 1 aliphatic rings. The maximum atomic E-state index is 13.7. The predicted octanol–water partition coefficient (Wildman–Crippen LogP) is 2.60. The lowest BCUT2D eigenvalue weighted by Gasteiger charge is -2.16. The van der Waals surface area contributed by atoms with Gasteiger partial charge in [-0.25, -0.2) is 4.39 Å². The first kappa shape index (κ1) is 12.1. The third-order valence-corrected chi connectivity index (χ3v) is 2.57. The molecule has 6 heteroatoms. The second-order valence-corrected chi connectivity index (χ2v) is 3.38. The molecule has 0 aromatic carbocycles. The van der Waals surface area contributed by atoms with E-state index in [0.717, 1.165) is 0 Å². The smallest absolute Gasteiger partial charge is 0.204 e. The van der Waals surface area contributed by atoms with E-state index in [1.807, 2.05) is 0 Å². The molecule has 0 radical (unpaired) electrons. The summed E-state index contributed by atoms with van der Waals surface area (Å²) in [6.07, 6.45) is 3.05. The number of hydrogen-bond acceptors (Lipinski definition) is 4. The van der Waals surface area contributed by atoms with Crippen LogP contribution in [-0.2, 0) is 0 Å². The summed E-state index contributed by atoms with van der Waals surface area (Å²) in [5.74, 6) is -0.683. The van der Waals surface area contributed by atoms with Crippen LogP contribution in [0.1, 0.15) is 13.8 Å². The molecule has 16 heavy (non-hydrogen) atoms. The minimum Gasteiger partial charge on any atom is -0.204 e. The average molecular weight is 237 g/mol. The number of nitrogens with zero attached hydrogens (tertiary/aromatic N) is 4. The van der Waals surface area contributed by atoms with E-state index in [1.54, 1.807) is 6.19 Å². The Morgan fingerprint density at radius 1 is 1.06 bits per heavy atom. The molecule has 80 valence electrons. The SMILES string of the molecule is CC1=C(F)C(=NC#N)C(C)=C(Cl)C1=NC#N. The normalized spacial score (nSPS) is 21.4. The summed E-state index contributed by atoms with van der Waals surface area (Å²) in [4.78, 5) is 6.79. The highest BCUT2D eigenvalue weighted by molar-refractivity contribution is 6.50. The zero-order valence-corrected chi connectivity index (χ0v) is 9.30. The van der Waals surface area contributed by atoms with Crippen LogP contribution in [0, 0.1) is 22.9 Å². The van der Waals surface area contributed by atoms with Crippen LogP contribution in [0.25, 0.3) is 0 Å². The minimum absolute atomic E-state index is 0.0797. The summed E-state index contributed by atoms with van der Waals surface area (Å²) in [5.41, 5.74) is 0.365. The monoisotopic (exact) mass is 236 g/mol. The van der Waals surface area contributed by atoms with Gasteiger partial charge in [-0.3, -0.25) is 0 Å². The highest BCUT2D eigenvalue weighted by Gasteiger charge is 2.26. The lowest BCUT2D eigenvalue weighted by atomic mass is 9.96. The highest BCUT2D eigenvalue weighted by Crippen LogP contribution is 2.29. The lowest BCUT2D eigenvalue weighted by molar-refractivity contribution is 0.673. The summed E-state index contributed by atoms with van der Waals surface area (Å²) in [7, 11) is 0. The first-order chi connectivity index (χ1) is 7.54. The van der Waals surface area contributed by atoms with Crippen molar-refractivity contribution in [2.45, 2.75) is 13.8 Å². The van der Waals surface area contributed by atoms with E-state index in [1.165, 1.54) is 20.0 Å². The zero-order chi connectivity index (χ0) is 12.3. The Balaban J connectivity index is 3.52. The topological polar surface area (TPSA) is 72.3 Å². The summed E-state index contributed by atoms with van der Waals surface area (Å²) in [6.45, 7) is 2.94. The molecule has 0 N–H and O–H groups in total. The molecular weight excluding hydrogens is 231 g/mol. The molecule has 0 fully saturated rings. The van der Waals surface area contributed by atoms with Gasteiger partial charge in [0.2, 0.25) is 12.4 Å². The fraction of sp³-hybridized carbons (Fsp3) is 0.200. The van der Waals surface area contributed by atoms with E-state index in [2.05, 4.69) is 9.98 Å². The molecule has 0 amide bonds. The Morgan fingerprint density at radius 3 is 2.06 bits per heavy atom. The van der Waals surface area contributed by atoms with Gasteiger partial charge in [0.15, 0.2) is 5.83 Å². The van der Waals surface area contributed by atoms with Crippen LogP contribution in [0.3, 0.4) is 0 Å². The first-order valence-corrected chi connectivity index (χ1v) is 4.60. The molecule has 0 saturated carbocycles. The fourth-order valence-electron chi connectivity index (χ4n) is 1.26. The molecule has 0 bridgehead atoms. The van der Waals surface area contributed by atoms with Crippen molar-refractivity contribution in [3.8, 4) is 12.4 Å². The van der Waals surface area contributed by atoms with E-state index >= 15 is 0 Å². The molecule has 0 aromatic heterocycles. The number of halogens is 2. The predicted molar refractivity (Wildman–Crippen MR) is 58.5 cm³/mol. The Kier molecular flexibility index (Phi) is 3.55. The van der Waals surface area contributed by atoms with Crippen molar-refractivity contribution < 1.29 is 4.39 Å².